The molecule has 23 heavy (non-hydrogen) atoms. The molecule has 0 heterocycles. The van der Waals surface area contributed by atoms with E-state index in [9.17, 15) is 9.90 Å². The molecule has 1 N–H and O–H groups in total. The third-order valence-corrected chi connectivity index (χ3v) is 3.97. The molecule has 1 aromatic carbocycles. The number of aliphatic hydroxyl groups excluding tert-OH is 1. The molecule has 0 aliphatic heterocycles. The van der Waals surface area contributed by atoms with E-state index in [2.05, 4.69) is 11.3 Å². The summed E-state index contributed by atoms with van der Waals surface area (Å²) in [5, 5.41) is 10.2. The first-order valence-electron chi connectivity index (χ1n) is 7.99. The van der Waals surface area contributed by atoms with Gasteiger partial charge in [-0.1, -0.05) is 43.3 Å². The largest absolute Gasteiger partial charge is 0.469 e. The normalized spacial score (nSPS) is 14.7. The maximum Gasteiger partial charge on any atom is 0.305 e. The van der Waals surface area contributed by atoms with Gasteiger partial charge in [0.25, 0.3) is 0 Å². The lowest BCUT2D eigenvalue weighted by Crippen LogP contribution is -2.25. The first-order chi connectivity index (χ1) is 11.0. The van der Waals surface area contributed by atoms with Crippen molar-refractivity contribution in [1.29, 1.82) is 0 Å². The van der Waals surface area contributed by atoms with Crippen LogP contribution in [-0.2, 0) is 20.9 Å². The number of hydrogen-bond donors (Lipinski definition) is 1. The van der Waals surface area contributed by atoms with Crippen molar-refractivity contribution in [1.82, 2.24) is 0 Å². The summed E-state index contributed by atoms with van der Waals surface area (Å²) in [5.74, 6) is -0.205. The Bertz CT molecular complexity index is 472. The lowest BCUT2D eigenvalue weighted by molar-refractivity contribution is -0.140. The van der Waals surface area contributed by atoms with Crippen LogP contribution in [0.5, 0.6) is 0 Å². The Morgan fingerprint density at radius 2 is 2.09 bits per heavy atom. The lowest BCUT2D eigenvalue weighted by atomic mass is 9.80. The second-order valence-electron chi connectivity index (χ2n) is 6.15. The number of allylic oxidation sites excluding steroid dienone is 1. The molecule has 1 aromatic rings. The zero-order valence-corrected chi connectivity index (χ0v) is 14.2. The fourth-order valence-corrected chi connectivity index (χ4v) is 2.51. The molecule has 2 atom stereocenters. The Morgan fingerprint density at radius 1 is 1.39 bits per heavy atom. The molecule has 0 radical (unpaired) electrons. The number of carbonyl (C=O) groups excluding carboxylic acids is 1. The molecule has 0 saturated carbocycles. The minimum atomic E-state index is -0.556. The molecule has 0 spiro atoms. The van der Waals surface area contributed by atoms with Gasteiger partial charge in [-0.25, -0.2) is 0 Å². The van der Waals surface area contributed by atoms with E-state index < -0.39 is 6.10 Å². The highest BCUT2D eigenvalue weighted by atomic mass is 16.5. The summed E-state index contributed by atoms with van der Waals surface area (Å²) in [4.78, 5) is 11.2. The molecule has 0 fully saturated rings. The molecule has 128 valence electrons. The zero-order chi connectivity index (χ0) is 17.1. The maximum atomic E-state index is 11.2. The van der Waals surface area contributed by atoms with Crippen LogP contribution in [0, 0.1) is 5.41 Å². The summed E-state index contributed by atoms with van der Waals surface area (Å²) < 4.78 is 10.2. The Balaban J connectivity index is 2.32. The SMILES string of the molecule is C=CC(C)(CCCC(=O)OC)CC(O)COCc1ccccc1. The van der Waals surface area contributed by atoms with Crippen LogP contribution in [0.1, 0.15) is 38.2 Å². The van der Waals surface area contributed by atoms with Crippen LogP contribution in [0.3, 0.4) is 0 Å². The van der Waals surface area contributed by atoms with Gasteiger partial charge in [0.1, 0.15) is 0 Å². The summed E-state index contributed by atoms with van der Waals surface area (Å²) in [5.41, 5.74) is 0.869. The summed E-state index contributed by atoms with van der Waals surface area (Å²) in [6, 6.07) is 9.87. The number of ether oxygens (including phenoxy) is 2. The molecule has 0 aliphatic rings. The number of carbonyl (C=O) groups is 1. The van der Waals surface area contributed by atoms with Crippen molar-refractivity contribution in [3.63, 3.8) is 0 Å². The van der Waals surface area contributed by atoms with E-state index in [1.165, 1.54) is 7.11 Å². The summed E-state index contributed by atoms with van der Waals surface area (Å²) in [6.45, 7) is 6.68. The predicted octanol–water partition coefficient (Wildman–Crippen LogP) is 3.49. The van der Waals surface area contributed by atoms with Crippen LogP contribution in [0.4, 0.5) is 0 Å². The molecular formula is C19H28O4. The van der Waals surface area contributed by atoms with Gasteiger partial charge in [0.2, 0.25) is 0 Å². The molecule has 0 amide bonds. The van der Waals surface area contributed by atoms with Gasteiger partial charge in [-0.05, 0) is 30.2 Å². The second-order valence-corrected chi connectivity index (χ2v) is 6.15. The van der Waals surface area contributed by atoms with Crippen molar-refractivity contribution in [3.05, 3.63) is 48.6 Å². The second kappa shape index (κ2) is 10.2. The Hall–Kier alpha value is -1.65. The fraction of sp³-hybridized carbons (Fsp3) is 0.526. The number of esters is 1. The van der Waals surface area contributed by atoms with Gasteiger partial charge >= 0.3 is 5.97 Å². The highest BCUT2D eigenvalue weighted by molar-refractivity contribution is 5.68. The standard InChI is InChI=1S/C19H28O4/c1-4-19(2,12-8-11-18(21)22-3)13-17(20)15-23-14-16-9-6-5-7-10-16/h4-7,9-10,17,20H,1,8,11-15H2,2-3H3. The number of benzene rings is 1. The smallest absolute Gasteiger partial charge is 0.305 e. The van der Waals surface area contributed by atoms with Gasteiger partial charge in [-0.2, -0.15) is 0 Å². The molecule has 0 bridgehead atoms. The van der Waals surface area contributed by atoms with E-state index in [0.29, 0.717) is 25.9 Å². The monoisotopic (exact) mass is 320 g/mol. The minimum absolute atomic E-state index is 0.205. The Kier molecular flexibility index (Phi) is 8.59. The molecular weight excluding hydrogens is 292 g/mol. The molecule has 4 nitrogen and oxygen atoms in total. The van der Waals surface area contributed by atoms with Crippen LogP contribution < -0.4 is 0 Å². The quantitative estimate of drug-likeness (QED) is 0.501. The minimum Gasteiger partial charge on any atom is -0.469 e. The zero-order valence-electron chi connectivity index (χ0n) is 14.2. The van der Waals surface area contributed by atoms with Crippen molar-refractivity contribution in [3.8, 4) is 0 Å². The van der Waals surface area contributed by atoms with Crippen LogP contribution in [0.2, 0.25) is 0 Å². The van der Waals surface area contributed by atoms with Crippen molar-refractivity contribution in [2.45, 2.75) is 45.3 Å². The van der Waals surface area contributed by atoms with Gasteiger partial charge < -0.3 is 14.6 Å². The van der Waals surface area contributed by atoms with E-state index in [-0.39, 0.29) is 18.0 Å². The van der Waals surface area contributed by atoms with E-state index in [1.54, 1.807) is 0 Å². The van der Waals surface area contributed by atoms with Crippen LogP contribution >= 0.6 is 0 Å². The Labute approximate surface area is 139 Å². The highest BCUT2D eigenvalue weighted by Crippen LogP contribution is 2.31. The van der Waals surface area contributed by atoms with Gasteiger partial charge in [0.15, 0.2) is 0 Å². The van der Waals surface area contributed by atoms with Crippen LogP contribution in [0.15, 0.2) is 43.0 Å². The third-order valence-electron chi connectivity index (χ3n) is 3.97. The number of methoxy groups -OCH3 is 1. The number of aliphatic hydroxyl groups is 1. The first kappa shape index (κ1) is 19.4. The van der Waals surface area contributed by atoms with Crippen molar-refractivity contribution in [2.24, 2.45) is 5.41 Å². The van der Waals surface area contributed by atoms with Gasteiger partial charge in [0, 0.05) is 6.42 Å². The first-order valence-corrected chi connectivity index (χ1v) is 7.99. The molecule has 0 aromatic heterocycles. The van der Waals surface area contributed by atoms with Crippen LogP contribution in [-0.4, -0.2) is 30.9 Å². The predicted molar refractivity (Wildman–Crippen MR) is 90.9 cm³/mol. The van der Waals surface area contributed by atoms with Crippen molar-refractivity contribution < 1.29 is 19.4 Å². The van der Waals surface area contributed by atoms with E-state index >= 15 is 0 Å². The molecule has 0 aliphatic carbocycles. The molecule has 0 saturated heterocycles. The maximum absolute atomic E-state index is 11.2. The van der Waals surface area contributed by atoms with E-state index in [1.807, 2.05) is 43.3 Å². The van der Waals surface area contributed by atoms with Crippen molar-refractivity contribution >= 4 is 5.97 Å². The fourth-order valence-electron chi connectivity index (χ4n) is 2.51. The lowest BCUT2D eigenvalue weighted by Gasteiger charge is -2.28. The van der Waals surface area contributed by atoms with Crippen molar-refractivity contribution in [2.75, 3.05) is 13.7 Å². The average molecular weight is 320 g/mol. The van der Waals surface area contributed by atoms with E-state index in [0.717, 1.165) is 12.0 Å². The van der Waals surface area contributed by atoms with Gasteiger partial charge in [-0.3, -0.25) is 4.79 Å². The average Bonchev–Trinajstić information content (AvgIpc) is 2.55. The van der Waals surface area contributed by atoms with Gasteiger partial charge in [0.05, 0.1) is 26.4 Å². The molecule has 4 heteroatoms. The van der Waals surface area contributed by atoms with E-state index in [4.69, 9.17) is 4.74 Å². The number of hydrogen-bond acceptors (Lipinski definition) is 4. The summed E-state index contributed by atoms with van der Waals surface area (Å²) >= 11 is 0. The summed E-state index contributed by atoms with van der Waals surface area (Å²) in [6.07, 6.45) is 3.74. The Morgan fingerprint density at radius 3 is 2.70 bits per heavy atom. The number of rotatable bonds is 11. The molecule has 1 rings (SSSR count). The van der Waals surface area contributed by atoms with Gasteiger partial charge in [-0.15, -0.1) is 6.58 Å². The van der Waals surface area contributed by atoms with Crippen LogP contribution in [0.25, 0.3) is 0 Å². The highest BCUT2D eigenvalue weighted by Gasteiger charge is 2.24. The molecule has 2 unspecified atom stereocenters. The summed E-state index contributed by atoms with van der Waals surface area (Å²) in [7, 11) is 1.39. The third kappa shape index (κ3) is 7.95. The topological polar surface area (TPSA) is 55.8 Å².